The lowest BCUT2D eigenvalue weighted by Gasteiger charge is -2.20. The Bertz CT molecular complexity index is 683. The highest BCUT2D eigenvalue weighted by atomic mass is 19.1. The summed E-state index contributed by atoms with van der Waals surface area (Å²) in [6, 6.07) is 16.2. The highest BCUT2D eigenvalue weighted by Crippen LogP contribution is 2.22. The fourth-order valence-corrected chi connectivity index (χ4v) is 3.41. The van der Waals surface area contributed by atoms with Crippen LogP contribution >= 0.6 is 0 Å². The van der Waals surface area contributed by atoms with Gasteiger partial charge in [0.2, 0.25) is 5.91 Å². The van der Waals surface area contributed by atoms with Crippen LogP contribution in [0.1, 0.15) is 36.4 Å². The Morgan fingerprint density at radius 1 is 1.16 bits per heavy atom. The molecule has 0 radical (unpaired) electrons. The van der Waals surface area contributed by atoms with Crippen LogP contribution in [0.3, 0.4) is 0 Å². The second-order valence-electron chi connectivity index (χ2n) is 6.73. The molecular weight excluding hydrogens is 315 g/mol. The average molecular weight is 340 g/mol. The van der Waals surface area contributed by atoms with E-state index in [0.29, 0.717) is 24.3 Å². The van der Waals surface area contributed by atoms with Crippen molar-refractivity contribution in [2.75, 3.05) is 13.1 Å². The number of rotatable bonds is 7. The summed E-state index contributed by atoms with van der Waals surface area (Å²) in [6.45, 7) is 2.03. The molecule has 132 valence electrons. The van der Waals surface area contributed by atoms with Gasteiger partial charge in [-0.1, -0.05) is 48.5 Å². The standard InChI is InChI=1S/C21H25FN2O/c22-19-9-5-4-8-18(19)20(14-16-6-2-1-3-7-16)24-21(25)11-10-17-12-13-23-15-17/h1-9,17,20,23H,10-15H2,(H,24,25). The van der Waals surface area contributed by atoms with Gasteiger partial charge in [-0.2, -0.15) is 0 Å². The van der Waals surface area contributed by atoms with E-state index >= 15 is 0 Å². The molecule has 3 rings (SSSR count). The van der Waals surface area contributed by atoms with Crippen LogP contribution in [0.15, 0.2) is 54.6 Å². The summed E-state index contributed by atoms with van der Waals surface area (Å²) < 4.78 is 14.3. The summed E-state index contributed by atoms with van der Waals surface area (Å²) in [4.78, 5) is 12.4. The van der Waals surface area contributed by atoms with E-state index in [1.807, 2.05) is 36.4 Å². The molecule has 1 aliphatic rings. The van der Waals surface area contributed by atoms with E-state index < -0.39 is 0 Å². The molecule has 1 amide bonds. The minimum atomic E-state index is -0.349. The minimum absolute atomic E-state index is 0.00363. The van der Waals surface area contributed by atoms with Crippen LogP contribution in [-0.4, -0.2) is 19.0 Å². The second kappa shape index (κ2) is 8.77. The molecule has 0 bridgehead atoms. The Labute approximate surface area is 148 Å². The minimum Gasteiger partial charge on any atom is -0.349 e. The maximum absolute atomic E-state index is 14.3. The zero-order valence-corrected chi connectivity index (χ0v) is 14.4. The van der Waals surface area contributed by atoms with Crippen molar-refractivity contribution >= 4 is 5.91 Å². The molecule has 1 fully saturated rings. The van der Waals surface area contributed by atoms with Crippen LogP contribution in [0.2, 0.25) is 0 Å². The molecule has 2 aromatic rings. The first-order valence-corrected chi connectivity index (χ1v) is 9.01. The summed E-state index contributed by atoms with van der Waals surface area (Å²) >= 11 is 0. The van der Waals surface area contributed by atoms with Crippen LogP contribution in [0, 0.1) is 11.7 Å². The molecule has 1 heterocycles. The summed E-state index contributed by atoms with van der Waals surface area (Å²) in [5, 5.41) is 6.37. The lowest BCUT2D eigenvalue weighted by Crippen LogP contribution is -2.31. The number of carbonyl (C=O) groups excluding carboxylic acids is 1. The normalized spacial score (nSPS) is 18.0. The second-order valence-corrected chi connectivity index (χ2v) is 6.73. The topological polar surface area (TPSA) is 41.1 Å². The third-order valence-corrected chi connectivity index (χ3v) is 4.84. The molecular formula is C21H25FN2O. The van der Waals surface area contributed by atoms with Crippen molar-refractivity contribution in [1.29, 1.82) is 0 Å². The molecule has 2 unspecified atom stereocenters. The van der Waals surface area contributed by atoms with Crippen molar-refractivity contribution in [3.05, 3.63) is 71.5 Å². The molecule has 0 spiro atoms. The number of carbonyl (C=O) groups is 1. The van der Waals surface area contributed by atoms with E-state index in [0.717, 1.165) is 31.5 Å². The van der Waals surface area contributed by atoms with Gasteiger partial charge in [0, 0.05) is 12.0 Å². The van der Waals surface area contributed by atoms with E-state index in [1.165, 1.54) is 6.07 Å². The molecule has 2 N–H and O–H groups in total. The van der Waals surface area contributed by atoms with E-state index in [1.54, 1.807) is 12.1 Å². The smallest absolute Gasteiger partial charge is 0.220 e. The van der Waals surface area contributed by atoms with E-state index in [-0.39, 0.29) is 17.8 Å². The van der Waals surface area contributed by atoms with Gasteiger partial charge in [-0.3, -0.25) is 4.79 Å². The van der Waals surface area contributed by atoms with E-state index in [4.69, 9.17) is 0 Å². The van der Waals surface area contributed by atoms with Crippen molar-refractivity contribution in [3.63, 3.8) is 0 Å². The highest BCUT2D eigenvalue weighted by molar-refractivity contribution is 5.76. The lowest BCUT2D eigenvalue weighted by atomic mass is 9.97. The van der Waals surface area contributed by atoms with Crippen molar-refractivity contribution < 1.29 is 9.18 Å². The first-order chi connectivity index (χ1) is 12.2. The Morgan fingerprint density at radius 2 is 1.92 bits per heavy atom. The first kappa shape index (κ1) is 17.6. The molecule has 2 aromatic carbocycles. The van der Waals surface area contributed by atoms with Gasteiger partial charge in [0.15, 0.2) is 0 Å². The Hall–Kier alpha value is -2.20. The van der Waals surface area contributed by atoms with Crippen molar-refractivity contribution in [1.82, 2.24) is 10.6 Å². The van der Waals surface area contributed by atoms with Gasteiger partial charge in [0.25, 0.3) is 0 Å². The summed E-state index contributed by atoms with van der Waals surface area (Å²) in [5.74, 6) is 0.298. The Morgan fingerprint density at radius 3 is 2.64 bits per heavy atom. The van der Waals surface area contributed by atoms with Crippen molar-refractivity contribution in [2.45, 2.75) is 31.7 Å². The molecule has 1 aliphatic heterocycles. The van der Waals surface area contributed by atoms with E-state index in [2.05, 4.69) is 10.6 Å². The maximum atomic E-state index is 14.3. The number of nitrogens with one attached hydrogen (secondary N) is 2. The number of hydrogen-bond donors (Lipinski definition) is 2. The quantitative estimate of drug-likeness (QED) is 0.808. The molecule has 0 aromatic heterocycles. The zero-order valence-electron chi connectivity index (χ0n) is 14.4. The average Bonchev–Trinajstić information content (AvgIpc) is 3.14. The molecule has 3 nitrogen and oxygen atoms in total. The molecule has 0 aliphatic carbocycles. The predicted molar refractivity (Wildman–Crippen MR) is 97.6 cm³/mol. The number of benzene rings is 2. The number of hydrogen-bond acceptors (Lipinski definition) is 2. The van der Waals surface area contributed by atoms with Crippen molar-refractivity contribution in [3.8, 4) is 0 Å². The Balaban J connectivity index is 1.67. The summed E-state index contributed by atoms with van der Waals surface area (Å²) in [6.07, 6.45) is 3.09. The monoisotopic (exact) mass is 340 g/mol. The SMILES string of the molecule is O=C(CCC1CCNC1)NC(Cc1ccccc1)c1ccccc1F. The molecule has 4 heteroatoms. The van der Waals surface area contributed by atoms with Gasteiger partial charge in [0.05, 0.1) is 6.04 Å². The number of amides is 1. The third-order valence-electron chi connectivity index (χ3n) is 4.84. The van der Waals surface area contributed by atoms with Gasteiger partial charge < -0.3 is 10.6 Å². The van der Waals surface area contributed by atoms with Gasteiger partial charge in [0.1, 0.15) is 5.82 Å². The van der Waals surface area contributed by atoms with Gasteiger partial charge >= 0.3 is 0 Å². The first-order valence-electron chi connectivity index (χ1n) is 9.01. The largest absolute Gasteiger partial charge is 0.349 e. The predicted octanol–water partition coefficient (Wildman–Crippen LogP) is 3.62. The highest BCUT2D eigenvalue weighted by Gasteiger charge is 2.20. The molecule has 0 saturated carbocycles. The fraction of sp³-hybridized carbons (Fsp3) is 0.381. The Kier molecular flexibility index (Phi) is 6.18. The van der Waals surface area contributed by atoms with Crippen LogP contribution < -0.4 is 10.6 Å². The van der Waals surface area contributed by atoms with Crippen molar-refractivity contribution in [2.24, 2.45) is 5.92 Å². The summed E-state index contributed by atoms with van der Waals surface area (Å²) in [5.41, 5.74) is 1.62. The van der Waals surface area contributed by atoms with Crippen LogP contribution in [-0.2, 0) is 11.2 Å². The van der Waals surface area contributed by atoms with Gasteiger partial charge in [-0.15, -0.1) is 0 Å². The molecule has 1 saturated heterocycles. The van der Waals surface area contributed by atoms with Crippen LogP contribution in [0.25, 0.3) is 0 Å². The zero-order chi connectivity index (χ0) is 17.5. The maximum Gasteiger partial charge on any atom is 0.220 e. The fourth-order valence-electron chi connectivity index (χ4n) is 3.41. The van der Waals surface area contributed by atoms with Crippen LogP contribution in [0.4, 0.5) is 4.39 Å². The third kappa shape index (κ3) is 5.13. The van der Waals surface area contributed by atoms with Gasteiger partial charge in [-0.05, 0) is 49.9 Å². The lowest BCUT2D eigenvalue weighted by molar-refractivity contribution is -0.122. The molecule has 25 heavy (non-hydrogen) atoms. The van der Waals surface area contributed by atoms with Gasteiger partial charge in [-0.25, -0.2) is 4.39 Å². The van der Waals surface area contributed by atoms with Crippen LogP contribution in [0.5, 0.6) is 0 Å². The van der Waals surface area contributed by atoms with E-state index in [9.17, 15) is 9.18 Å². The number of halogens is 1. The summed E-state index contributed by atoms with van der Waals surface area (Å²) in [7, 11) is 0. The molecule has 2 atom stereocenters.